The van der Waals surface area contributed by atoms with Gasteiger partial charge in [0.25, 0.3) is 5.89 Å². The molecule has 0 spiro atoms. The molecule has 0 aliphatic heterocycles. The van der Waals surface area contributed by atoms with E-state index >= 15 is 0 Å². The molecule has 106 valence electrons. The van der Waals surface area contributed by atoms with Gasteiger partial charge in [-0.15, -0.1) is 10.2 Å². The van der Waals surface area contributed by atoms with E-state index in [0.29, 0.717) is 11.8 Å². The van der Waals surface area contributed by atoms with E-state index in [1.165, 1.54) is 5.56 Å². The van der Waals surface area contributed by atoms with Crippen molar-refractivity contribution < 1.29 is 9.15 Å². The summed E-state index contributed by atoms with van der Waals surface area (Å²) in [6.07, 6.45) is 0. The fourth-order valence-corrected chi connectivity index (χ4v) is 2.48. The van der Waals surface area contributed by atoms with Gasteiger partial charge >= 0.3 is 0 Å². The van der Waals surface area contributed by atoms with Crippen LogP contribution in [0.5, 0.6) is 5.75 Å². The lowest BCUT2D eigenvalue weighted by Crippen LogP contribution is -1.96. The third kappa shape index (κ3) is 3.31. The van der Waals surface area contributed by atoms with Gasteiger partial charge in [-0.25, -0.2) is 0 Å². The van der Waals surface area contributed by atoms with E-state index in [4.69, 9.17) is 9.15 Å². The van der Waals surface area contributed by atoms with Crippen molar-refractivity contribution in [3.63, 3.8) is 0 Å². The lowest BCUT2D eigenvalue weighted by Gasteiger charge is -2.06. The topological polar surface area (TPSA) is 48.2 Å². The Kier molecular flexibility index (Phi) is 4.01. The van der Waals surface area contributed by atoms with Gasteiger partial charge in [-0.3, -0.25) is 0 Å². The van der Waals surface area contributed by atoms with E-state index in [1.54, 1.807) is 0 Å². The van der Waals surface area contributed by atoms with Gasteiger partial charge < -0.3 is 9.15 Å². The smallest absolute Gasteiger partial charge is 0.254 e. The van der Waals surface area contributed by atoms with E-state index in [-0.39, 0.29) is 6.61 Å². The molecule has 4 nitrogen and oxygen atoms in total. The van der Waals surface area contributed by atoms with Gasteiger partial charge in [0.2, 0.25) is 5.89 Å². The second kappa shape index (κ2) is 6.10. The molecule has 0 N–H and O–H groups in total. The van der Waals surface area contributed by atoms with Gasteiger partial charge in [-0.05, 0) is 52.7 Å². The molecule has 0 aliphatic carbocycles. The van der Waals surface area contributed by atoms with Crippen LogP contribution in [0.25, 0.3) is 11.5 Å². The highest BCUT2D eigenvalue weighted by Crippen LogP contribution is 2.26. The van der Waals surface area contributed by atoms with Crippen LogP contribution in [0.2, 0.25) is 0 Å². The molecule has 0 bridgehead atoms. The maximum absolute atomic E-state index is 5.68. The van der Waals surface area contributed by atoms with Crippen LogP contribution < -0.4 is 4.74 Å². The minimum atomic E-state index is 0.238. The summed E-state index contributed by atoms with van der Waals surface area (Å²) >= 11 is 3.47. The normalized spacial score (nSPS) is 10.6. The fourth-order valence-electron chi connectivity index (χ4n) is 1.87. The first-order valence-corrected chi connectivity index (χ1v) is 7.28. The van der Waals surface area contributed by atoms with Gasteiger partial charge in [0.05, 0.1) is 4.47 Å². The van der Waals surface area contributed by atoms with Crippen LogP contribution in [0.3, 0.4) is 0 Å². The Morgan fingerprint density at radius 1 is 1.10 bits per heavy atom. The molecule has 5 heteroatoms. The summed E-state index contributed by atoms with van der Waals surface area (Å²) in [4.78, 5) is 0. The van der Waals surface area contributed by atoms with E-state index in [9.17, 15) is 0 Å². The first-order chi connectivity index (χ1) is 10.2. The van der Waals surface area contributed by atoms with Crippen LogP contribution in [0.4, 0.5) is 0 Å². The van der Waals surface area contributed by atoms with Crippen LogP contribution in [-0.2, 0) is 6.61 Å². The average molecular weight is 345 g/mol. The highest BCUT2D eigenvalue weighted by atomic mass is 79.9. The second-order valence-corrected chi connectivity index (χ2v) is 5.44. The lowest BCUT2D eigenvalue weighted by molar-refractivity contribution is 0.263. The standard InChI is InChI=1S/C16H13BrN2O2/c1-11-7-8-14(13(17)9-11)20-10-15-18-19-16(21-15)12-5-3-2-4-6-12/h2-9H,10H2,1H3. The zero-order chi connectivity index (χ0) is 14.7. The maximum atomic E-state index is 5.68. The van der Waals surface area contributed by atoms with Crippen molar-refractivity contribution in [3.8, 4) is 17.2 Å². The zero-order valence-electron chi connectivity index (χ0n) is 11.4. The summed E-state index contributed by atoms with van der Waals surface area (Å²) in [7, 11) is 0. The molecule has 0 radical (unpaired) electrons. The van der Waals surface area contributed by atoms with Crippen molar-refractivity contribution in [2.75, 3.05) is 0 Å². The number of ether oxygens (including phenoxy) is 1. The Hall–Kier alpha value is -2.14. The number of aryl methyl sites for hydroxylation is 1. The monoisotopic (exact) mass is 344 g/mol. The molecular formula is C16H13BrN2O2. The van der Waals surface area contributed by atoms with Crippen molar-refractivity contribution in [2.24, 2.45) is 0 Å². The highest BCUT2D eigenvalue weighted by molar-refractivity contribution is 9.10. The molecule has 0 amide bonds. The average Bonchev–Trinajstić information content (AvgIpc) is 2.96. The lowest BCUT2D eigenvalue weighted by atomic mass is 10.2. The summed E-state index contributed by atoms with van der Waals surface area (Å²) in [5, 5.41) is 8.02. The summed E-state index contributed by atoms with van der Waals surface area (Å²) in [6, 6.07) is 15.6. The van der Waals surface area contributed by atoms with Crippen LogP contribution in [0, 0.1) is 6.92 Å². The van der Waals surface area contributed by atoms with Crippen molar-refractivity contribution in [1.82, 2.24) is 10.2 Å². The van der Waals surface area contributed by atoms with Crippen molar-refractivity contribution in [1.29, 1.82) is 0 Å². The van der Waals surface area contributed by atoms with Crippen molar-refractivity contribution in [2.45, 2.75) is 13.5 Å². The molecule has 21 heavy (non-hydrogen) atoms. The maximum Gasteiger partial charge on any atom is 0.254 e. The second-order valence-electron chi connectivity index (χ2n) is 4.59. The van der Waals surface area contributed by atoms with Crippen LogP contribution >= 0.6 is 15.9 Å². The largest absolute Gasteiger partial charge is 0.483 e. The Morgan fingerprint density at radius 3 is 2.67 bits per heavy atom. The van der Waals surface area contributed by atoms with Crippen molar-refractivity contribution in [3.05, 3.63) is 64.5 Å². The minimum absolute atomic E-state index is 0.238. The molecule has 1 aromatic heterocycles. The summed E-state index contributed by atoms with van der Waals surface area (Å²) in [5.74, 6) is 1.69. The molecular weight excluding hydrogens is 332 g/mol. The molecule has 1 heterocycles. The Bertz CT molecular complexity index is 741. The third-order valence-corrected chi connectivity index (χ3v) is 3.55. The van der Waals surface area contributed by atoms with Gasteiger partial charge in [-0.1, -0.05) is 24.3 Å². The Labute approximate surface area is 130 Å². The number of aromatic nitrogens is 2. The fraction of sp³-hybridized carbons (Fsp3) is 0.125. The molecule has 3 aromatic rings. The zero-order valence-corrected chi connectivity index (χ0v) is 13.0. The first kappa shape index (κ1) is 13.8. The summed E-state index contributed by atoms with van der Waals surface area (Å²) in [6.45, 7) is 2.26. The summed E-state index contributed by atoms with van der Waals surface area (Å²) < 4.78 is 12.2. The van der Waals surface area contributed by atoms with E-state index in [2.05, 4.69) is 26.1 Å². The van der Waals surface area contributed by atoms with Crippen LogP contribution in [-0.4, -0.2) is 10.2 Å². The van der Waals surface area contributed by atoms with Crippen molar-refractivity contribution >= 4 is 15.9 Å². The quantitative estimate of drug-likeness (QED) is 0.704. The molecule has 0 saturated heterocycles. The summed E-state index contributed by atoms with van der Waals surface area (Å²) in [5.41, 5.74) is 2.06. The van der Waals surface area contributed by atoms with E-state index < -0.39 is 0 Å². The number of rotatable bonds is 4. The first-order valence-electron chi connectivity index (χ1n) is 6.49. The van der Waals surface area contributed by atoms with Gasteiger partial charge in [0, 0.05) is 5.56 Å². The molecule has 0 aliphatic rings. The van der Waals surface area contributed by atoms with Gasteiger partial charge in [0.15, 0.2) is 6.61 Å². The number of nitrogens with zero attached hydrogens (tertiary/aromatic N) is 2. The minimum Gasteiger partial charge on any atom is -0.483 e. The number of hydrogen-bond donors (Lipinski definition) is 0. The molecule has 0 fully saturated rings. The molecule has 2 aromatic carbocycles. The SMILES string of the molecule is Cc1ccc(OCc2nnc(-c3ccccc3)o2)c(Br)c1. The van der Waals surface area contributed by atoms with E-state index in [1.807, 2.05) is 55.5 Å². The highest BCUT2D eigenvalue weighted by Gasteiger charge is 2.09. The predicted molar refractivity (Wildman–Crippen MR) is 82.9 cm³/mol. The number of hydrogen-bond acceptors (Lipinski definition) is 4. The van der Waals surface area contributed by atoms with Gasteiger partial charge in [-0.2, -0.15) is 0 Å². The Morgan fingerprint density at radius 2 is 1.90 bits per heavy atom. The van der Waals surface area contributed by atoms with Crippen LogP contribution in [0.1, 0.15) is 11.5 Å². The molecule has 3 rings (SSSR count). The van der Waals surface area contributed by atoms with E-state index in [0.717, 1.165) is 15.8 Å². The molecule has 0 unspecified atom stereocenters. The molecule has 0 saturated carbocycles. The number of halogens is 1. The van der Waals surface area contributed by atoms with Crippen LogP contribution in [0.15, 0.2) is 57.4 Å². The molecule has 0 atom stereocenters. The van der Waals surface area contributed by atoms with Gasteiger partial charge in [0.1, 0.15) is 5.75 Å². The number of benzene rings is 2. The predicted octanol–water partition coefficient (Wildman–Crippen LogP) is 4.39. The third-order valence-electron chi connectivity index (χ3n) is 2.93. The Balaban J connectivity index is 1.70.